The highest BCUT2D eigenvalue weighted by Crippen LogP contribution is 2.19. The van der Waals surface area contributed by atoms with E-state index in [4.69, 9.17) is 10.5 Å². The van der Waals surface area contributed by atoms with Gasteiger partial charge in [-0.2, -0.15) is 0 Å². The largest absolute Gasteiger partial charge is 0.478 e. The quantitative estimate of drug-likeness (QED) is 0.717. The molecule has 1 unspecified atom stereocenters. The van der Waals surface area contributed by atoms with E-state index in [9.17, 15) is 9.18 Å². The van der Waals surface area contributed by atoms with Gasteiger partial charge in [-0.05, 0) is 44.0 Å². The summed E-state index contributed by atoms with van der Waals surface area (Å²) >= 11 is 0. The topological polar surface area (TPSA) is 64.3 Å². The van der Waals surface area contributed by atoms with E-state index in [-0.39, 0.29) is 11.7 Å². The average Bonchev–Trinajstić information content (AvgIpc) is 2.42. The minimum absolute atomic E-state index is 0.0870. The Balaban J connectivity index is 2.56. The van der Waals surface area contributed by atoms with Crippen molar-refractivity contribution in [2.24, 2.45) is 5.73 Å². The fourth-order valence-corrected chi connectivity index (χ4v) is 1.74. The molecule has 0 bridgehead atoms. The zero-order chi connectivity index (χ0) is 15.0. The van der Waals surface area contributed by atoms with Crippen LogP contribution in [0.4, 0.5) is 4.39 Å². The zero-order valence-corrected chi connectivity index (χ0v) is 12.1. The molecule has 0 aliphatic rings. The number of carbonyl (C=O) groups excluding carboxylic acids is 1. The van der Waals surface area contributed by atoms with Crippen molar-refractivity contribution in [3.05, 3.63) is 29.6 Å². The van der Waals surface area contributed by atoms with Crippen LogP contribution in [0.5, 0.6) is 5.75 Å². The van der Waals surface area contributed by atoms with Crippen molar-refractivity contribution in [2.45, 2.75) is 39.2 Å². The average molecular weight is 282 g/mol. The van der Waals surface area contributed by atoms with Gasteiger partial charge in [-0.1, -0.05) is 19.4 Å². The highest BCUT2D eigenvalue weighted by molar-refractivity contribution is 5.80. The molecule has 112 valence electrons. The van der Waals surface area contributed by atoms with Crippen LogP contribution in [0.25, 0.3) is 0 Å². The van der Waals surface area contributed by atoms with Gasteiger partial charge in [0.25, 0.3) is 5.91 Å². The fraction of sp³-hybridized carbons (Fsp3) is 0.533. The van der Waals surface area contributed by atoms with E-state index in [1.54, 1.807) is 13.0 Å². The molecule has 0 fully saturated rings. The van der Waals surface area contributed by atoms with Crippen LogP contribution in [0.15, 0.2) is 18.2 Å². The number of hydrogen-bond donors (Lipinski definition) is 2. The van der Waals surface area contributed by atoms with Crippen molar-refractivity contribution in [1.82, 2.24) is 5.32 Å². The molecule has 3 N–H and O–H groups in total. The summed E-state index contributed by atoms with van der Waals surface area (Å²) in [6.07, 6.45) is 1.82. The minimum atomic E-state index is -0.721. The number of rotatable bonds is 8. The third kappa shape index (κ3) is 5.17. The molecule has 0 saturated carbocycles. The molecule has 5 heteroatoms. The number of nitrogens with two attached hydrogens (primary N) is 1. The highest BCUT2D eigenvalue weighted by atomic mass is 19.1. The molecule has 0 aromatic heterocycles. The molecule has 1 amide bonds. The van der Waals surface area contributed by atoms with Gasteiger partial charge in [0, 0.05) is 6.54 Å². The summed E-state index contributed by atoms with van der Waals surface area (Å²) in [5, 5.41) is 2.75. The molecule has 1 aromatic carbocycles. The van der Waals surface area contributed by atoms with Gasteiger partial charge in [-0.25, -0.2) is 4.39 Å². The lowest BCUT2D eigenvalue weighted by atomic mass is 10.1. The van der Waals surface area contributed by atoms with Crippen LogP contribution in [-0.4, -0.2) is 25.1 Å². The summed E-state index contributed by atoms with van der Waals surface area (Å²) < 4.78 is 19.2. The number of hydrogen-bond acceptors (Lipinski definition) is 3. The first-order valence-corrected chi connectivity index (χ1v) is 7.01. The Morgan fingerprint density at radius 1 is 1.50 bits per heavy atom. The highest BCUT2D eigenvalue weighted by Gasteiger charge is 2.16. The van der Waals surface area contributed by atoms with Crippen molar-refractivity contribution in [1.29, 1.82) is 0 Å². The predicted octanol–water partition coefficient (Wildman–Crippen LogP) is 2.01. The maximum absolute atomic E-state index is 13.8. The Morgan fingerprint density at radius 2 is 2.25 bits per heavy atom. The molecule has 0 radical (unpaired) electrons. The summed E-state index contributed by atoms with van der Waals surface area (Å²) in [5.74, 6) is -0.614. The Bertz CT molecular complexity index is 438. The standard InChI is InChI=1S/C15H23FN2O2/c1-3-4-9-18-15(19)11(2)20-14-6-5-12(7-8-17)10-13(14)16/h5-6,10-11H,3-4,7-9,17H2,1-2H3,(H,18,19). The van der Waals surface area contributed by atoms with Crippen molar-refractivity contribution in [2.75, 3.05) is 13.1 Å². The summed E-state index contributed by atoms with van der Waals surface area (Å²) in [5.41, 5.74) is 6.24. The number of unbranched alkanes of at least 4 members (excludes halogenated alkanes) is 1. The molecule has 0 aliphatic carbocycles. The van der Waals surface area contributed by atoms with Crippen LogP contribution in [0.1, 0.15) is 32.3 Å². The minimum Gasteiger partial charge on any atom is -0.478 e. The smallest absolute Gasteiger partial charge is 0.260 e. The molecular weight excluding hydrogens is 259 g/mol. The van der Waals surface area contributed by atoms with Gasteiger partial charge in [0.15, 0.2) is 17.7 Å². The molecule has 0 saturated heterocycles. The second kappa shape index (κ2) is 8.53. The van der Waals surface area contributed by atoms with Crippen LogP contribution in [0, 0.1) is 5.82 Å². The molecule has 4 nitrogen and oxygen atoms in total. The lowest BCUT2D eigenvalue weighted by Gasteiger charge is -2.15. The molecule has 1 aromatic rings. The Labute approximate surface area is 119 Å². The van der Waals surface area contributed by atoms with Crippen molar-refractivity contribution < 1.29 is 13.9 Å². The number of nitrogens with one attached hydrogen (secondary N) is 1. The fourth-order valence-electron chi connectivity index (χ4n) is 1.74. The summed E-state index contributed by atoms with van der Waals surface area (Å²) in [6.45, 7) is 4.73. The summed E-state index contributed by atoms with van der Waals surface area (Å²) in [4.78, 5) is 11.7. The van der Waals surface area contributed by atoms with Gasteiger partial charge < -0.3 is 15.8 Å². The van der Waals surface area contributed by atoms with Crippen LogP contribution >= 0.6 is 0 Å². The molecule has 1 rings (SSSR count). The molecule has 0 aliphatic heterocycles. The van der Waals surface area contributed by atoms with E-state index < -0.39 is 11.9 Å². The van der Waals surface area contributed by atoms with Gasteiger partial charge in [-0.3, -0.25) is 4.79 Å². The number of carbonyl (C=O) groups is 1. The molecule has 0 heterocycles. The number of amides is 1. The van der Waals surface area contributed by atoms with E-state index >= 15 is 0 Å². The lowest BCUT2D eigenvalue weighted by Crippen LogP contribution is -2.36. The normalized spacial score (nSPS) is 12.0. The maximum atomic E-state index is 13.8. The number of ether oxygens (including phenoxy) is 1. The zero-order valence-electron chi connectivity index (χ0n) is 12.1. The Kier molecular flexibility index (Phi) is 7.01. The van der Waals surface area contributed by atoms with Gasteiger partial charge in [0.2, 0.25) is 0 Å². The maximum Gasteiger partial charge on any atom is 0.260 e. The molecule has 0 spiro atoms. The number of benzene rings is 1. The van der Waals surface area contributed by atoms with E-state index in [2.05, 4.69) is 5.32 Å². The van der Waals surface area contributed by atoms with E-state index in [0.717, 1.165) is 18.4 Å². The first-order chi connectivity index (χ1) is 9.58. The first-order valence-electron chi connectivity index (χ1n) is 7.01. The van der Waals surface area contributed by atoms with Gasteiger partial charge in [-0.15, -0.1) is 0 Å². The lowest BCUT2D eigenvalue weighted by molar-refractivity contribution is -0.127. The summed E-state index contributed by atoms with van der Waals surface area (Å²) in [6, 6.07) is 4.69. The Hall–Kier alpha value is -1.62. The third-order valence-corrected chi connectivity index (χ3v) is 2.93. The van der Waals surface area contributed by atoms with Gasteiger partial charge >= 0.3 is 0 Å². The second-order valence-electron chi connectivity index (χ2n) is 4.71. The Morgan fingerprint density at radius 3 is 2.85 bits per heavy atom. The molecule has 1 atom stereocenters. The monoisotopic (exact) mass is 282 g/mol. The molecular formula is C15H23FN2O2. The van der Waals surface area contributed by atoms with Crippen LogP contribution in [0.2, 0.25) is 0 Å². The number of halogens is 1. The van der Waals surface area contributed by atoms with E-state index in [1.165, 1.54) is 12.1 Å². The van der Waals surface area contributed by atoms with Gasteiger partial charge in [0.1, 0.15) is 0 Å². The van der Waals surface area contributed by atoms with Crippen LogP contribution < -0.4 is 15.8 Å². The van der Waals surface area contributed by atoms with Crippen molar-refractivity contribution in [3.8, 4) is 5.75 Å². The van der Waals surface area contributed by atoms with Crippen LogP contribution in [0.3, 0.4) is 0 Å². The van der Waals surface area contributed by atoms with E-state index in [0.29, 0.717) is 19.5 Å². The van der Waals surface area contributed by atoms with Crippen molar-refractivity contribution in [3.63, 3.8) is 0 Å². The third-order valence-electron chi connectivity index (χ3n) is 2.93. The predicted molar refractivity (Wildman–Crippen MR) is 77.2 cm³/mol. The molecule has 20 heavy (non-hydrogen) atoms. The summed E-state index contributed by atoms with van der Waals surface area (Å²) in [7, 11) is 0. The van der Waals surface area contributed by atoms with Crippen LogP contribution in [-0.2, 0) is 11.2 Å². The second-order valence-corrected chi connectivity index (χ2v) is 4.71. The first kappa shape index (κ1) is 16.4. The SMILES string of the molecule is CCCCNC(=O)C(C)Oc1ccc(CCN)cc1F. The van der Waals surface area contributed by atoms with E-state index in [1.807, 2.05) is 6.92 Å². The van der Waals surface area contributed by atoms with Crippen molar-refractivity contribution >= 4 is 5.91 Å². The van der Waals surface area contributed by atoms with Gasteiger partial charge in [0.05, 0.1) is 0 Å².